The average Bonchev–Trinajstić information content (AvgIpc) is 3.20. The minimum atomic E-state index is -4.84. The van der Waals surface area contributed by atoms with Crippen LogP contribution in [0.5, 0.6) is 0 Å². The summed E-state index contributed by atoms with van der Waals surface area (Å²) in [6.07, 6.45) is -3.55. The molecule has 178 valence electrons. The molecule has 3 rings (SSSR count). The Bertz CT molecular complexity index is 1300. The van der Waals surface area contributed by atoms with Crippen LogP contribution in [0, 0.1) is 6.92 Å². The lowest BCUT2D eigenvalue weighted by Gasteiger charge is -2.15. The molecule has 0 fully saturated rings. The largest absolute Gasteiger partial charge is 0.435 e. The van der Waals surface area contributed by atoms with Crippen molar-refractivity contribution in [3.63, 3.8) is 0 Å². The van der Waals surface area contributed by atoms with Gasteiger partial charge in [0, 0.05) is 17.3 Å². The van der Waals surface area contributed by atoms with E-state index >= 15 is 0 Å². The summed E-state index contributed by atoms with van der Waals surface area (Å²) in [5.41, 5.74) is 3.31. The molecule has 2 amide bonds. The van der Waals surface area contributed by atoms with Gasteiger partial charge in [-0.15, -0.1) is 0 Å². The molecule has 0 aliphatic rings. The highest BCUT2D eigenvalue weighted by molar-refractivity contribution is 7.80. The number of anilines is 1. The normalized spacial score (nSPS) is 11.1. The molecule has 0 atom stereocenters. The van der Waals surface area contributed by atoms with Gasteiger partial charge >= 0.3 is 6.18 Å². The Morgan fingerprint density at radius 2 is 1.82 bits per heavy atom. The van der Waals surface area contributed by atoms with E-state index < -0.39 is 29.4 Å². The Kier molecular flexibility index (Phi) is 7.44. The van der Waals surface area contributed by atoms with E-state index in [0.29, 0.717) is 16.3 Å². The number of aryl methyl sites for hydroxylation is 1. The van der Waals surface area contributed by atoms with Gasteiger partial charge in [0.05, 0.1) is 21.3 Å². The SMILES string of the molecule is CC(=S)NNC(=O)c1cc(Cl)cc(C)c1NC(=O)c1cc(C(F)(F)F)nn1-c1ncccc1Cl. The molecule has 3 aromatic rings. The van der Waals surface area contributed by atoms with Gasteiger partial charge in [-0.1, -0.05) is 35.4 Å². The molecule has 2 heterocycles. The third-order valence-corrected chi connectivity index (χ3v) is 4.92. The van der Waals surface area contributed by atoms with Crippen LogP contribution in [0.25, 0.3) is 5.82 Å². The Morgan fingerprint density at radius 3 is 2.44 bits per heavy atom. The predicted molar refractivity (Wildman–Crippen MR) is 124 cm³/mol. The van der Waals surface area contributed by atoms with Crippen LogP contribution >= 0.6 is 35.4 Å². The zero-order chi connectivity index (χ0) is 25.2. The standard InChI is InChI=1S/C20H15Cl2F3N6O2S/c1-9-6-11(21)7-12(18(32)29-28-10(2)34)16(9)27-19(33)14-8-15(20(23,24)25)30-31(14)17-13(22)4-3-5-26-17/h3-8H,1-2H3,(H,27,33)(H,28,34)(H,29,32). The van der Waals surface area contributed by atoms with E-state index in [1.807, 2.05) is 0 Å². The van der Waals surface area contributed by atoms with Gasteiger partial charge in [-0.25, -0.2) is 9.67 Å². The summed E-state index contributed by atoms with van der Waals surface area (Å²) in [6, 6.07) is 6.17. The van der Waals surface area contributed by atoms with E-state index in [9.17, 15) is 22.8 Å². The molecule has 34 heavy (non-hydrogen) atoms. The molecular weight excluding hydrogens is 516 g/mol. The topological polar surface area (TPSA) is 101 Å². The number of alkyl halides is 3. The molecule has 0 aliphatic carbocycles. The Hall–Kier alpha value is -3.22. The number of thiocarbonyl (C=S) groups is 1. The molecule has 3 N–H and O–H groups in total. The third kappa shape index (κ3) is 5.64. The maximum Gasteiger partial charge on any atom is 0.435 e. The Balaban J connectivity index is 2.07. The van der Waals surface area contributed by atoms with Crippen LogP contribution in [0.2, 0.25) is 10.0 Å². The van der Waals surface area contributed by atoms with Crippen LogP contribution in [0.3, 0.4) is 0 Å². The van der Waals surface area contributed by atoms with Crippen molar-refractivity contribution in [2.75, 3.05) is 5.32 Å². The molecule has 0 unspecified atom stereocenters. The highest BCUT2D eigenvalue weighted by atomic mass is 35.5. The number of aromatic nitrogens is 3. The van der Waals surface area contributed by atoms with Crippen molar-refractivity contribution in [2.24, 2.45) is 0 Å². The van der Waals surface area contributed by atoms with Crippen LogP contribution in [-0.2, 0) is 6.18 Å². The number of hydrogen-bond donors (Lipinski definition) is 3. The number of carbonyl (C=O) groups is 2. The van der Waals surface area contributed by atoms with Crippen molar-refractivity contribution in [3.8, 4) is 5.82 Å². The molecule has 14 heteroatoms. The van der Waals surface area contributed by atoms with Crippen LogP contribution in [0.15, 0.2) is 36.5 Å². The van der Waals surface area contributed by atoms with Gasteiger partial charge in [0.25, 0.3) is 11.8 Å². The first-order valence-corrected chi connectivity index (χ1v) is 10.5. The van der Waals surface area contributed by atoms with Crippen molar-refractivity contribution in [3.05, 3.63) is 69.1 Å². The van der Waals surface area contributed by atoms with E-state index in [2.05, 4.69) is 26.3 Å². The minimum absolute atomic E-state index is 0.0177. The predicted octanol–water partition coefficient (Wildman–Crippen LogP) is 4.74. The van der Waals surface area contributed by atoms with E-state index in [1.165, 1.54) is 37.4 Å². The summed E-state index contributed by atoms with van der Waals surface area (Å²) in [7, 11) is 0. The summed E-state index contributed by atoms with van der Waals surface area (Å²) in [4.78, 5) is 30.0. The molecule has 0 radical (unpaired) electrons. The molecule has 0 saturated heterocycles. The fourth-order valence-electron chi connectivity index (χ4n) is 2.85. The highest BCUT2D eigenvalue weighted by Crippen LogP contribution is 2.31. The van der Waals surface area contributed by atoms with Gasteiger partial charge in [-0.05, 0) is 43.7 Å². The molecule has 8 nitrogen and oxygen atoms in total. The lowest BCUT2D eigenvalue weighted by atomic mass is 10.1. The summed E-state index contributed by atoms with van der Waals surface area (Å²) >= 11 is 17.0. The summed E-state index contributed by atoms with van der Waals surface area (Å²) in [5, 5.41) is 6.11. The monoisotopic (exact) mass is 530 g/mol. The summed E-state index contributed by atoms with van der Waals surface area (Å²) in [6.45, 7) is 3.09. The zero-order valence-electron chi connectivity index (χ0n) is 17.4. The number of amides is 2. The van der Waals surface area contributed by atoms with Crippen molar-refractivity contribution in [1.29, 1.82) is 0 Å². The summed E-state index contributed by atoms with van der Waals surface area (Å²) < 4.78 is 40.8. The highest BCUT2D eigenvalue weighted by Gasteiger charge is 2.36. The number of carbonyl (C=O) groups excluding carboxylic acids is 2. The molecule has 2 aromatic heterocycles. The first-order chi connectivity index (χ1) is 15.9. The van der Waals surface area contributed by atoms with E-state index in [-0.39, 0.29) is 32.1 Å². The van der Waals surface area contributed by atoms with Gasteiger partial charge in [-0.3, -0.25) is 20.4 Å². The van der Waals surface area contributed by atoms with Crippen molar-refractivity contribution in [1.82, 2.24) is 25.6 Å². The van der Waals surface area contributed by atoms with Gasteiger partial charge in [0.1, 0.15) is 5.69 Å². The number of pyridine rings is 1. The van der Waals surface area contributed by atoms with Gasteiger partial charge in [0.2, 0.25) is 0 Å². The number of halogens is 5. The number of rotatable bonds is 4. The third-order valence-electron chi connectivity index (χ3n) is 4.31. The second-order valence-corrected chi connectivity index (χ2v) is 8.32. The van der Waals surface area contributed by atoms with E-state index in [0.717, 1.165) is 0 Å². The van der Waals surface area contributed by atoms with E-state index in [1.54, 1.807) is 6.92 Å². The molecule has 0 aliphatic heterocycles. The number of nitrogens with zero attached hydrogens (tertiary/aromatic N) is 3. The van der Waals surface area contributed by atoms with Crippen LogP contribution in [0.1, 0.15) is 39.0 Å². The maximum atomic E-state index is 13.4. The Labute approximate surface area is 206 Å². The molecule has 0 saturated carbocycles. The van der Waals surface area contributed by atoms with Gasteiger partial charge in [0.15, 0.2) is 11.5 Å². The fraction of sp³-hybridized carbons (Fsp3) is 0.150. The smallest absolute Gasteiger partial charge is 0.320 e. The van der Waals surface area contributed by atoms with Crippen LogP contribution < -0.4 is 16.2 Å². The molecule has 0 bridgehead atoms. The number of benzene rings is 1. The molecular formula is C20H15Cl2F3N6O2S. The zero-order valence-corrected chi connectivity index (χ0v) is 19.7. The Morgan fingerprint density at radius 1 is 1.12 bits per heavy atom. The lowest BCUT2D eigenvalue weighted by Crippen LogP contribution is -2.40. The minimum Gasteiger partial charge on any atom is -0.320 e. The van der Waals surface area contributed by atoms with Crippen molar-refractivity contribution < 1.29 is 22.8 Å². The summed E-state index contributed by atoms with van der Waals surface area (Å²) in [5.74, 6) is -1.87. The van der Waals surface area contributed by atoms with Crippen molar-refractivity contribution >= 4 is 57.9 Å². The molecule has 1 aromatic carbocycles. The second-order valence-electron chi connectivity index (χ2n) is 6.87. The quantitative estimate of drug-likeness (QED) is 0.333. The van der Waals surface area contributed by atoms with Crippen LogP contribution in [-0.4, -0.2) is 31.6 Å². The van der Waals surface area contributed by atoms with Crippen LogP contribution in [0.4, 0.5) is 18.9 Å². The maximum absolute atomic E-state index is 13.4. The second kappa shape index (κ2) is 9.95. The number of hydrogen-bond acceptors (Lipinski definition) is 5. The molecule has 0 spiro atoms. The fourth-order valence-corrected chi connectivity index (χ4v) is 3.38. The number of hydrazine groups is 1. The van der Waals surface area contributed by atoms with Gasteiger partial charge < -0.3 is 5.32 Å². The first-order valence-electron chi connectivity index (χ1n) is 9.35. The van der Waals surface area contributed by atoms with Gasteiger partial charge in [-0.2, -0.15) is 18.3 Å². The average molecular weight is 531 g/mol. The van der Waals surface area contributed by atoms with E-state index in [4.69, 9.17) is 35.4 Å². The van der Waals surface area contributed by atoms with Crippen molar-refractivity contribution in [2.45, 2.75) is 20.0 Å². The number of nitrogens with one attached hydrogen (secondary N) is 3. The first kappa shape index (κ1) is 25.4. The lowest BCUT2D eigenvalue weighted by molar-refractivity contribution is -0.141.